The Balaban J connectivity index is 1.92. The first-order valence-electron chi connectivity index (χ1n) is 6.02. The van der Waals surface area contributed by atoms with Crippen molar-refractivity contribution in [2.45, 2.75) is 24.9 Å². The maximum Gasteiger partial charge on any atom is 0.262 e. The largest absolute Gasteiger partial charge is 0.389 e. The van der Waals surface area contributed by atoms with Crippen molar-refractivity contribution in [1.29, 1.82) is 0 Å². The lowest BCUT2D eigenvalue weighted by molar-refractivity contribution is 0.00913. The Bertz CT molecular complexity index is 611. The number of aliphatic hydroxyl groups is 1. The van der Waals surface area contributed by atoms with Crippen molar-refractivity contribution >= 4 is 11.0 Å². The van der Waals surface area contributed by atoms with E-state index in [0.717, 1.165) is 13.1 Å². The number of hydrogen-bond donors (Lipinski definition) is 4. The van der Waals surface area contributed by atoms with Crippen LogP contribution in [-0.4, -0.2) is 44.0 Å². The van der Waals surface area contributed by atoms with E-state index in [0.29, 0.717) is 36.1 Å². The van der Waals surface area contributed by atoms with Crippen molar-refractivity contribution in [2.24, 2.45) is 0 Å². The first-order chi connectivity index (χ1) is 8.66. The summed E-state index contributed by atoms with van der Waals surface area (Å²) in [6, 6.07) is 0. The number of nitrogens with zero attached hydrogens (tertiary/aromatic N) is 2. The summed E-state index contributed by atoms with van der Waals surface area (Å²) in [5.74, 6) is 0.501. The third-order valence-corrected chi connectivity index (χ3v) is 3.40. The van der Waals surface area contributed by atoms with Gasteiger partial charge in [-0.25, -0.2) is 4.98 Å². The highest BCUT2D eigenvalue weighted by atomic mass is 16.3. The molecule has 2 aromatic heterocycles. The monoisotopic (exact) mass is 249 g/mol. The minimum atomic E-state index is -0.783. The lowest BCUT2D eigenvalue weighted by atomic mass is 9.89. The second-order valence-corrected chi connectivity index (χ2v) is 4.80. The number of fused-ring (bicyclic) bond motifs is 1. The van der Waals surface area contributed by atoms with Gasteiger partial charge < -0.3 is 15.4 Å². The highest BCUT2D eigenvalue weighted by Crippen LogP contribution is 2.21. The number of piperidine rings is 1. The molecule has 18 heavy (non-hydrogen) atoms. The number of hydrogen-bond acceptors (Lipinski definition) is 5. The van der Waals surface area contributed by atoms with Crippen molar-refractivity contribution in [3.8, 4) is 0 Å². The fourth-order valence-electron chi connectivity index (χ4n) is 2.36. The van der Waals surface area contributed by atoms with Crippen LogP contribution in [0.4, 0.5) is 0 Å². The molecule has 7 heteroatoms. The fraction of sp³-hybridized carbons (Fsp3) is 0.545. The van der Waals surface area contributed by atoms with Crippen LogP contribution >= 0.6 is 0 Å². The molecule has 1 saturated heterocycles. The highest BCUT2D eigenvalue weighted by molar-refractivity contribution is 5.72. The molecule has 0 aliphatic carbocycles. The van der Waals surface area contributed by atoms with Crippen LogP contribution in [0.15, 0.2) is 11.0 Å². The van der Waals surface area contributed by atoms with E-state index in [1.165, 1.54) is 6.20 Å². The van der Waals surface area contributed by atoms with Gasteiger partial charge in [0.1, 0.15) is 11.2 Å². The van der Waals surface area contributed by atoms with Gasteiger partial charge in [-0.2, -0.15) is 5.10 Å². The van der Waals surface area contributed by atoms with Gasteiger partial charge in [-0.3, -0.25) is 9.89 Å². The molecule has 0 radical (unpaired) electrons. The van der Waals surface area contributed by atoms with Crippen LogP contribution in [-0.2, 0) is 6.42 Å². The third kappa shape index (κ3) is 2.02. The smallest absolute Gasteiger partial charge is 0.262 e. The standard InChI is InChI=1S/C11H15N5O2/c17-10-7-6-13-16-9(7)14-8(15-10)5-11(18)1-3-12-4-2-11/h6,12,18H,1-5H2,(H2,13,14,15,16,17). The number of aromatic amines is 2. The SMILES string of the molecule is O=c1[nH]c(CC2(O)CCNCC2)nc2[nH]ncc12. The molecule has 1 aliphatic heterocycles. The summed E-state index contributed by atoms with van der Waals surface area (Å²) in [5, 5.41) is 20.5. The maximum absolute atomic E-state index is 11.8. The molecule has 3 heterocycles. The summed E-state index contributed by atoms with van der Waals surface area (Å²) in [5.41, 5.74) is -0.540. The van der Waals surface area contributed by atoms with Gasteiger partial charge >= 0.3 is 0 Å². The predicted molar refractivity (Wildman–Crippen MR) is 65.3 cm³/mol. The summed E-state index contributed by atoms with van der Waals surface area (Å²) in [6.45, 7) is 1.57. The molecule has 7 nitrogen and oxygen atoms in total. The van der Waals surface area contributed by atoms with Crippen LogP contribution in [0.1, 0.15) is 18.7 Å². The van der Waals surface area contributed by atoms with Gasteiger partial charge in [-0.05, 0) is 25.9 Å². The zero-order valence-corrected chi connectivity index (χ0v) is 9.86. The average Bonchev–Trinajstić information content (AvgIpc) is 2.78. The molecule has 3 rings (SSSR count). The predicted octanol–water partition coefficient (Wildman–Crippen LogP) is -0.697. The van der Waals surface area contributed by atoms with E-state index < -0.39 is 5.60 Å². The average molecular weight is 249 g/mol. The molecule has 0 bridgehead atoms. The molecule has 1 fully saturated rings. The lowest BCUT2D eigenvalue weighted by Gasteiger charge is -2.32. The van der Waals surface area contributed by atoms with Crippen LogP contribution < -0.4 is 10.9 Å². The van der Waals surface area contributed by atoms with Crippen molar-refractivity contribution in [3.05, 3.63) is 22.4 Å². The van der Waals surface area contributed by atoms with E-state index in [1.54, 1.807) is 0 Å². The first-order valence-corrected chi connectivity index (χ1v) is 6.02. The quantitative estimate of drug-likeness (QED) is 0.563. The van der Waals surface area contributed by atoms with Crippen molar-refractivity contribution in [3.63, 3.8) is 0 Å². The minimum Gasteiger partial charge on any atom is -0.389 e. The zero-order chi connectivity index (χ0) is 12.6. The van der Waals surface area contributed by atoms with E-state index in [9.17, 15) is 9.90 Å². The summed E-state index contributed by atoms with van der Waals surface area (Å²) in [6.07, 6.45) is 3.14. The van der Waals surface area contributed by atoms with Gasteiger partial charge in [0.2, 0.25) is 0 Å². The Morgan fingerprint density at radius 2 is 2.17 bits per heavy atom. The van der Waals surface area contributed by atoms with Crippen molar-refractivity contribution in [2.75, 3.05) is 13.1 Å². The minimum absolute atomic E-state index is 0.221. The molecule has 0 atom stereocenters. The van der Waals surface area contributed by atoms with Gasteiger partial charge in [-0.1, -0.05) is 0 Å². The fourth-order valence-corrected chi connectivity index (χ4v) is 2.36. The number of H-pyrrole nitrogens is 2. The highest BCUT2D eigenvalue weighted by Gasteiger charge is 2.30. The van der Waals surface area contributed by atoms with E-state index in [4.69, 9.17) is 0 Å². The van der Waals surface area contributed by atoms with Crippen LogP contribution in [0.2, 0.25) is 0 Å². The van der Waals surface area contributed by atoms with Gasteiger partial charge in [0, 0.05) is 6.42 Å². The van der Waals surface area contributed by atoms with Gasteiger partial charge in [0.25, 0.3) is 5.56 Å². The second kappa shape index (κ2) is 4.18. The maximum atomic E-state index is 11.8. The molecule has 0 saturated carbocycles. The van der Waals surface area contributed by atoms with Crippen LogP contribution in [0, 0.1) is 0 Å². The topological polar surface area (TPSA) is 107 Å². The number of aromatic nitrogens is 4. The van der Waals surface area contributed by atoms with E-state index >= 15 is 0 Å². The molecule has 0 amide bonds. The summed E-state index contributed by atoms with van der Waals surface area (Å²) in [4.78, 5) is 18.7. The Morgan fingerprint density at radius 1 is 1.39 bits per heavy atom. The molecule has 0 spiro atoms. The van der Waals surface area contributed by atoms with Crippen LogP contribution in [0.5, 0.6) is 0 Å². The molecule has 0 aromatic carbocycles. The first kappa shape index (κ1) is 11.4. The van der Waals surface area contributed by atoms with Crippen molar-refractivity contribution < 1.29 is 5.11 Å². The van der Waals surface area contributed by atoms with E-state index in [-0.39, 0.29) is 5.56 Å². The summed E-state index contributed by atoms with van der Waals surface area (Å²) < 4.78 is 0. The Morgan fingerprint density at radius 3 is 2.94 bits per heavy atom. The molecule has 1 aliphatic rings. The Labute approximate surface area is 103 Å². The lowest BCUT2D eigenvalue weighted by Crippen LogP contribution is -2.44. The van der Waals surface area contributed by atoms with E-state index in [1.807, 2.05) is 0 Å². The Kier molecular flexibility index (Phi) is 2.64. The van der Waals surface area contributed by atoms with Crippen LogP contribution in [0.3, 0.4) is 0 Å². The van der Waals surface area contributed by atoms with Crippen molar-refractivity contribution in [1.82, 2.24) is 25.5 Å². The molecule has 4 N–H and O–H groups in total. The van der Waals surface area contributed by atoms with Gasteiger partial charge in [0.15, 0.2) is 5.65 Å². The molecule has 2 aromatic rings. The molecular formula is C11H15N5O2. The Hall–Kier alpha value is -1.73. The van der Waals surface area contributed by atoms with Gasteiger partial charge in [-0.15, -0.1) is 0 Å². The number of rotatable bonds is 2. The zero-order valence-electron chi connectivity index (χ0n) is 9.86. The van der Waals surface area contributed by atoms with E-state index in [2.05, 4.69) is 25.5 Å². The number of nitrogens with one attached hydrogen (secondary N) is 3. The molecule has 96 valence electrons. The summed E-state index contributed by atoms with van der Waals surface area (Å²) >= 11 is 0. The second-order valence-electron chi connectivity index (χ2n) is 4.80. The molecule has 0 unspecified atom stereocenters. The third-order valence-electron chi connectivity index (χ3n) is 3.40. The molecular weight excluding hydrogens is 234 g/mol. The summed E-state index contributed by atoms with van der Waals surface area (Å²) in [7, 11) is 0. The normalized spacial score (nSPS) is 19.2. The van der Waals surface area contributed by atoms with Crippen LogP contribution in [0.25, 0.3) is 11.0 Å². The van der Waals surface area contributed by atoms with Gasteiger partial charge in [0.05, 0.1) is 11.8 Å².